The van der Waals surface area contributed by atoms with E-state index < -0.39 is 0 Å². The molecule has 6 heteroatoms. The molecule has 1 heterocycles. The van der Waals surface area contributed by atoms with Gasteiger partial charge in [0.05, 0.1) is 11.6 Å². The first-order chi connectivity index (χ1) is 12.0. The van der Waals surface area contributed by atoms with Crippen molar-refractivity contribution < 1.29 is 0 Å². The summed E-state index contributed by atoms with van der Waals surface area (Å²) in [5.74, 6) is 1.15. The van der Waals surface area contributed by atoms with E-state index in [4.69, 9.17) is 16.9 Å². The fraction of sp³-hybridized carbons (Fsp3) is 0.105. The number of aromatic nitrogens is 2. The largest absolute Gasteiger partial charge is 0.340 e. The summed E-state index contributed by atoms with van der Waals surface area (Å²) in [6.45, 7) is 3.85. The smallest absolute Gasteiger partial charge is 0.229 e. The van der Waals surface area contributed by atoms with Gasteiger partial charge in [0.2, 0.25) is 5.95 Å². The molecule has 5 nitrogen and oxygen atoms in total. The lowest BCUT2D eigenvalue weighted by Crippen LogP contribution is -2.02. The second-order valence-electron chi connectivity index (χ2n) is 5.62. The van der Waals surface area contributed by atoms with Gasteiger partial charge in [-0.1, -0.05) is 17.7 Å². The average molecular weight is 350 g/mol. The molecule has 3 rings (SSSR count). The number of nitrogens with one attached hydrogen (secondary N) is 2. The van der Waals surface area contributed by atoms with Crippen molar-refractivity contribution >= 4 is 34.7 Å². The molecule has 0 saturated carbocycles. The van der Waals surface area contributed by atoms with Crippen molar-refractivity contribution in [3.63, 3.8) is 0 Å². The van der Waals surface area contributed by atoms with Crippen LogP contribution in [0.15, 0.2) is 48.5 Å². The molecule has 0 bridgehead atoms. The highest BCUT2D eigenvalue weighted by molar-refractivity contribution is 6.31. The first-order valence-corrected chi connectivity index (χ1v) is 8.07. The fourth-order valence-electron chi connectivity index (χ4n) is 2.26. The van der Waals surface area contributed by atoms with Gasteiger partial charge in [-0.25, -0.2) is 4.98 Å². The summed E-state index contributed by atoms with van der Waals surface area (Å²) >= 11 is 6.16. The topological polar surface area (TPSA) is 73.6 Å². The van der Waals surface area contributed by atoms with E-state index in [0.29, 0.717) is 22.4 Å². The van der Waals surface area contributed by atoms with Crippen LogP contribution in [0, 0.1) is 25.2 Å². The van der Waals surface area contributed by atoms with Crippen LogP contribution in [-0.2, 0) is 0 Å². The predicted molar refractivity (Wildman–Crippen MR) is 101 cm³/mol. The molecule has 0 aliphatic heterocycles. The highest BCUT2D eigenvalue weighted by Crippen LogP contribution is 2.23. The Morgan fingerprint density at radius 3 is 2.32 bits per heavy atom. The van der Waals surface area contributed by atoms with Crippen LogP contribution in [0.1, 0.15) is 16.8 Å². The Kier molecular flexibility index (Phi) is 4.82. The monoisotopic (exact) mass is 349 g/mol. The molecular formula is C19H16ClN5. The van der Waals surface area contributed by atoms with E-state index >= 15 is 0 Å². The van der Waals surface area contributed by atoms with Crippen LogP contribution < -0.4 is 10.6 Å². The molecule has 0 unspecified atom stereocenters. The number of rotatable bonds is 4. The van der Waals surface area contributed by atoms with E-state index in [9.17, 15) is 0 Å². The standard InChI is InChI=1S/C19H16ClN5/c1-12-3-6-16(10-17(12)20)24-19-22-13(2)9-18(25-19)23-15-7-4-14(11-21)5-8-15/h3-10H,1-2H3,(H2,22,23,24,25). The van der Waals surface area contributed by atoms with Crippen LogP contribution in [0.3, 0.4) is 0 Å². The zero-order valence-electron chi connectivity index (χ0n) is 13.8. The summed E-state index contributed by atoms with van der Waals surface area (Å²) in [6.07, 6.45) is 0. The number of nitrogens with zero attached hydrogens (tertiary/aromatic N) is 3. The molecule has 124 valence electrons. The summed E-state index contributed by atoms with van der Waals surface area (Å²) in [5.41, 5.74) is 4.13. The first kappa shape index (κ1) is 16.7. The van der Waals surface area contributed by atoms with Gasteiger partial charge < -0.3 is 10.6 Å². The maximum atomic E-state index is 8.86. The summed E-state index contributed by atoms with van der Waals surface area (Å²) in [6, 6.07) is 16.8. The molecule has 0 atom stereocenters. The number of hydrogen-bond donors (Lipinski definition) is 2. The zero-order chi connectivity index (χ0) is 17.8. The summed E-state index contributed by atoms with van der Waals surface area (Å²) in [7, 11) is 0. The minimum absolute atomic E-state index is 0.482. The maximum Gasteiger partial charge on any atom is 0.229 e. The first-order valence-electron chi connectivity index (χ1n) is 7.69. The van der Waals surface area contributed by atoms with Gasteiger partial charge >= 0.3 is 0 Å². The Balaban J connectivity index is 1.82. The Bertz CT molecular complexity index is 945. The Hall–Kier alpha value is -3.10. The predicted octanol–water partition coefficient (Wildman–Crippen LogP) is 5.11. The van der Waals surface area contributed by atoms with Gasteiger partial charge in [0, 0.05) is 28.2 Å². The van der Waals surface area contributed by atoms with E-state index in [-0.39, 0.29) is 0 Å². The van der Waals surface area contributed by atoms with E-state index in [0.717, 1.165) is 22.6 Å². The minimum Gasteiger partial charge on any atom is -0.340 e. The van der Waals surface area contributed by atoms with Crippen molar-refractivity contribution in [1.29, 1.82) is 5.26 Å². The fourth-order valence-corrected chi connectivity index (χ4v) is 2.44. The highest BCUT2D eigenvalue weighted by atomic mass is 35.5. The molecular weight excluding hydrogens is 334 g/mol. The van der Waals surface area contributed by atoms with E-state index in [1.807, 2.05) is 50.2 Å². The second kappa shape index (κ2) is 7.20. The van der Waals surface area contributed by atoms with Gasteiger partial charge in [-0.2, -0.15) is 10.2 Å². The van der Waals surface area contributed by atoms with Gasteiger partial charge in [0.25, 0.3) is 0 Å². The molecule has 0 aliphatic rings. The number of benzene rings is 2. The number of halogens is 1. The maximum absolute atomic E-state index is 8.86. The van der Waals surface area contributed by atoms with Crippen molar-refractivity contribution in [3.05, 3.63) is 70.4 Å². The minimum atomic E-state index is 0.482. The molecule has 25 heavy (non-hydrogen) atoms. The van der Waals surface area contributed by atoms with Crippen molar-refractivity contribution in [2.75, 3.05) is 10.6 Å². The van der Waals surface area contributed by atoms with E-state index in [2.05, 4.69) is 26.7 Å². The van der Waals surface area contributed by atoms with Gasteiger partial charge in [0.15, 0.2) is 0 Å². The van der Waals surface area contributed by atoms with Crippen LogP contribution >= 0.6 is 11.6 Å². The third-order valence-electron chi connectivity index (χ3n) is 3.57. The third-order valence-corrected chi connectivity index (χ3v) is 3.98. The number of anilines is 4. The van der Waals surface area contributed by atoms with Crippen LogP contribution in [0.2, 0.25) is 5.02 Å². The second-order valence-corrected chi connectivity index (χ2v) is 6.03. The Morgan fingerprint density at radius 1 is 0.920 bits per heavy atom. The van der Waals surface area contributed by atoms with E-state index in [1.54, 1.807) is 12.1 Å². The molecule has 2 aromatic carbocycles. The SMILES string of the molecule is Cc1cc(Nc2ccc(C#N)cc2)nc(Nc2ccc(C)c(Cl)c2)n1. The lowest BCUT2D eigenvalue weighted by Gasteiger charge is -2.11. The summed E-state index contributed by atoms with van der Waals surface area (Å²) in [4.78, 5) is 8.88. The number of nitriles is 1. The third kappa shape index (κ3) is 4.25. The van der Waals surface area contributed by atoms with Crippen LogP contribution in [-0.4, -0.2) is 9.97 Å². The van der Waals surface area contributed by atoms with Gasteiger partial charge in [-0.15, -0.1) is 0 Å². The molecule has 2 N–H and O–H groups in total. The summed E-state index contributed by atoms with van der Waals surface area (Å²) < 4.78 is 0. The van der Waals surface area contributed by atoms with Gasteiger partial charge in [-0.3, -0.25) is 0 Å². The summed E-state index contributed by atoms with van der Waals surface area (Å²) in [5, 5.41) is 15.9. The number of aryl methyl sites for hydroxylation is 2. The lowest BCUT2D eigenvalue weighted by atomic mass is 10.2. The van der Waals surface area contributed by atoms with Gasteiger partial charge in [-0.05, 0) is 55.8 Å². The number of hydrogen-bond acceptors (Lipinski definition) is 5. The average Bonchev–Trinajstić information content (AvgIpc) is 2.58. The molecule has 0 fully saturated rings. The van der Waals surface area contributed by atoms with Gasteiger partial charge in [0.1, 0.15) is 5.82 Å². The van der Waals surface area contributed by atoms with Crippen molar-refractivity contribution in [1.82, 2.24) is 9.97 Å². The molecule has 0 spiro atoms. The molecule has 0 saturated heterocycles. The highest BCUT2D eigenvalue weighted by Gasteiger charge is 2.05. The van der Waals surface area contributed by atoms with Crippen molar-refractivity contribution in [3.8, 4) is 6.07 Å². The van der Waals surface area contributed by atoms with Crippen LogP contribution in [0.25, 0.3) is 0 Å². The quantitative estimate of drug-likeness (QED) is 0.685. The normalized spacial score (nSPS) is 10.2. The molecule has 0 amide bonds. The Morgan fingerprint density at radius 2 is 1.64 bits per heavy atom. The molecule has 0 aliphatic carbocycles. The lowest BCUT2D eigenvalue weighted by molar-refractivity contribution is 1.11. The molecule has 0 radical (unpaired) electrons. The molecule has 1 aromatic heterocycles. The van der Waals surface area contributed by atoms with Crippen LogP contribution in [0.5, 0.6) is 0 Å². The van der Waals surface area contributed by atoms with Crippen molar-refractivity contribution in [2.24, 2.45) is 0 Å². The Labute approximate surface area is 151 Å². The van der Waals surface area contributed by atoms with E-state index in [1.165, 1.54) is 0 Å². The molecule has 3 aromatic rings. The van der Waals surface area contributed by atoms with Crippen LogP contribution in [0.4, 0.5) is 23.1 Å². The van der Waals surface area contributed by atoms with Crippen molar-refractivity contribution in [2.45, 2.75) is 13.8 Å². The zero-order valence-corrected chi connectivity index (χ0v) is 14.6.